The molecule has 0 saturated heterocycles. The monoisotopic (exact) mass is 499 g/mol. The first-order valence-electron chi connectivity index (χ1n) is 9.00. The normalized spacial score (nSPS) is 13.1. The number of benzene rings is 2. The summed E-state index contributed by atoms with van der Waals surface area (Å²) in [5, 5.41) is 16.4. The lowest BCUT2D eigenvalue weighted by atomic mass is 10.2. The van der Waals surface area contributed by atoms with E-state index in [1.807, 2.05) is 31.2 Å². The maximum Gasteiger partial charge on any atom is 0.196 e. The van der Waals surface area contributed by atoms with Crippen LogP contribution < -0.4 is 24.8 Å². The van der Waals surface area contributed by atoms with Crippen molar-refractivity contribution in [3.8, 4) is 23.0 Å². The van der Waals surface area contributed by atoms with Gasteiger partial charge in [-0.05, 0) is 36.8 Å². The largest absolute Gasteiger partial charge is 0.504 e. The minimum Gasteiger partial charge on any atom is -0.504 e. The van der Waals surface area contributed by atoms with Gasteiger partial charge >= 0.3 is 0 Å². The summed E-state index contributed by atoms with van der Waals surface area (Å²) in [7, 11) is 1.52. The number of methoxy groups -OCH3 is 1. The van der Waals surface area contributed by atoms with Crippen molar-refractivity contribution in [2.24, 2.45) is 4.99 Å². The summed E-state index contributed by atoms with van der Waals surface area (Å²) >= 11 is 0. The molecule has 8 heteroatoms. The second-order valence-electron chi connectivity index (χ2n) is 6.04. The quantitative estimate of drug-likeness (QED) is 0.330. The maximum absolute atomic E-state index is 9.90. The zero-order valence-corrected chi connectivity index (χ0v) is 18.4. The predicted octanol–water partition coefficient (Wildman–Crippen LogP) is 3.76. The number of nitrogens with zero attached hydrogens (tertiary/aromatic N) is 1. The number of hydrogen-bond donors (Lipinski definition) is 3. The number of fused-ring (bicyclic) bond motifs is 1. The van der Waals surface area contributed by atoms with Gasteiger partial charge in [0.1, 0.15) is 0 Å². The van der Waals surface area contributed by atoms with Gasteiger partial charge in [0.2, 0.25) is 0 Å². The molecule has 0 atom stereocenters. The van der Waals surface area contributed by atoms with E-state index in [4.69, 9.17) is 14.2 Å². The number of anilines is 1. The Morgan fingerprint density at radius 3 is 2.64 bits per heavy atom. The van der Waals surface area contributed by atoms with Crippen molar-refractivity contribution in [2.75, 3.05) is 32.2 Å². The molecule has 1 aliphatic rings. The van der Waals surface area contributed by atoms with Crippen LogP contribution in [-0.4, -0.2) is 37.9 Å². The number of halogens is 1. The van der Waals surface area contributed by atoms with Gasteiger partial charge in [-0.25, -0.2) is 4.99 Å². The fraction of sp³-hybridized carbons (Fsp3) is 0.350. The summed E-state index contributed by atoms with van der Waals surface area (Å²) in [6, 6.07) is 11.0. The van der Waals surface area contributed by atoms with Crippen LogP contribution in [0.1, 0.15) is 18.9 Å². The molecular formula is C20H26IN3O4. The van der Waals surface area contributed by atoms with Gasteiger partial charge in [0.15, 0.2) is 29.0 Å². The van der Waals surface area contributed by atoms with E-state index in [1.54, 1.807) is 12.1 Å². The number of aromatic hydroxyl groups is 1. The standard InChI is InChI=1S/C20H25N3O4.HI/c1-3-21-20(22-13-14-5-7-17(25-2)16(24)11-14)23-15-6-8-18-19(12-15)27-10-4-9-26-18;/h5-8,11-12,24H,3-4,9-10,13H2,1-2H3,(H2,21,22,23);1H. The van der Waals surface area contributed by atoms with E-state index < -0.39 is 0 Å². The molecule has 1 heterocycles. The molecule has 3 N–H and O–H groups in total. The summed E-state index contributed by atoms with van der Waals surface area (Å²) in [5.74, 6) is 2.68. The molecule has 2 aromatic rings. The fourth-order valence-electron chi connectivity index (χ4n) is 2.69. The van der Waals surface area contributed by atoms with E-state index in [2.05, 4.69) is 15.6 Å². The third-order valence-corrected chi connectivity index (χ3v) is 4.02. The molecule has 0 aromatic heterocycles. The lowest BCUT2D eigenvalue weighted by molar-refractivity contribution is 0.297. The van der Waals surface area contributed by atoms with Gasteiger partial charge in [-0.1, -0.05) is 6.07 Å². The van der Waals surface area contributed by atoms with Crippen LogP contribution in [0.2, 0.25) is 0 Å². The summed E-state index contributed by atoms with van der Waals surface area (Å²) in [4.78, 5) is 4.58. The van der Waals surface area contributed by atoms with Gasteiger partial charge in [-0.15, -0.1) is 24.0 Å². The highest BCUT2D eigenvalue weighted by Crippen LogP contribution is 2.32. The third-order valence-electron chi connectivity index (χ3n) is 4.02. The van der Waals surface area contributed by atoms with Crippen molar-refractivity contribution in [3.63, 3.8) is 0 Å². The number of phenolic OH excluding ortho intramolecular Hbond substituents is 1. The van der Waals surface area contributed by atoms with Gasteiger partial charge in [-0.3, -0.25) is 0 Å². The highest BCUT2D eigenvalue weighted by Gasteiger charge is 2.11. The Bertz CT molecular complexity index is 814. The topological polar surface area (TPSA) is 84.3 Å². The van der Waals surface area contributed by atoms with Crippen molar-refractivity contribution >= 4 is 35.6 Å². The molecule has 0 bridgehead atoms. The van der Waals surface area contributed by atoms with Crippen molar-refractivity contribution in [3.05, 3.63) is 42.0 Å². The molecular weight excluding hydrogens is 473 g/mol. The SMILES string of the molecule is CCNC(=NCc1ccc(OC)c(O)c1)Nc1ccc2c(c1)OCCCO2.I. The highest BCUT2D eigenvalue weighted by atomic mass is 127. The van der Waals surface area contributed by atoms with Crippen LogP contribution in [0.3, 0.4) is 0 Å². The van der Waals surface area contributed by atoms with Crippen molar-refractivity contribution in [1.29, 1.82) is 0 Å². The Balaban J connectivity index is 0.00000280. The molecule has 0 unspecified atom stereocenters. The minimum atomic E-state index is 0. The van der Waals surface area contributed by atoms with E-state index in [0.29, 0.717) is 31.5 Å². The molecule has 7 nitrogen and oxygen atoms in total. The molecule has 0 saturated carbocycles. The van der Waals surface area contributed by atoms with Gasteiger partial charge in [0.05, 0.1) is 26.9 Å². The van der Waals surface area contributed by atoms with Crippen LogP contribution in [-0.2, 0) is 6.54 Å². The van der Waals surface area contributed by atoms with E-state index in [9.17, 15) is 5.11 Å². The Morgan fingerprint density at radius 1 is 1.14 bits per heavy atom. The predicted molar refractivity (Wildman–Crippen MR) is 121 cm³/mol. The number of guanidine groups is 1. The van der Waals surface area contributed by atoms with Gasteiger partial charge in [-0.2, -0.15) is 0 Å². The average molecular weight is 499 g/mol. The fourth-order valence-corrected chi connectivity index (χ4v) is 2.69. The van der Waals surface area contributed by atoms with E-state index in [1.165, 1.54) is 7.11 Å². The van der Waals surface area contributed by atoms with E-state index in [-0.39, 0.29) is 29.7 Å². The molecule has 0 spiro atoms. The number of hydrogen-bond acceptors (Lipinski definition) is 5. The van der Waals surface area contributed by atoms with Crippen molar-refractivity contribution in [2.45, 2.75) is 19.9 Å². The number of phenols is 1. The summed E-state index contributed by atoms with van der Waals surface area (Å²) < 4.78 is 16.5. The summed E-state index contributed by atoms with van der Waals surface area (Å²) in [6.45, 7) is 4.45. The number of rotatable bonds is 5. The van der Waals surface area contributed by atoms with Gasteiger partial charge in [0.25, 0.3) is 0 Å². The van der Waals surface area contributed by atoms with Crippen LogP contribution in [0, 0.1) is 0 Å². The Labute approximate surface area is 182 Å². The molecule has 2 aromatic carbocycles. The van der Waals surface area contributed by atoms with Crippen LogP contribution >= 0.6 is 24.0 Å². The van der Waals surface area contributed by atoms with Crippen LogP contribution in [0.25, 0.3) is 0 Å². The second-order valence-corrected chi connectivity index (χ2v) is 6.04. The minimum absolute atomic E-state index is 0. The van der Waals surface area contributed by atoms with E-state index >= 15 is 0 Å². The zero-order chi connectivity index (χ0) is 19.1. The average Bonchev–Trinajstić information content (AvgIpc) is 2.91. The molecule has 1 aliphatic heterocycles. The Kier molecular flexibility index (Phi) is 8.49. The molecule has 28 heavy (non-hydrogen) atoms. The molecule has 152 valence electrons. The van der Waals surface area contributed by atoms with Crippen LogP contribution in [0.15, 0.2) is 41.4 Å². The Hall–Kier alpha value is -2.36. The second kappa shape index (κ2) is 10.8. The Morgan fingerprint density at radius 2 is 1.93 bits per heavy atom. The molecule has 0 radical (unpaired) electrons. The number of aliphatic imine (C=N–C) groups is 1. The molecule has 3 rings (SSSR count). The highest BCUT2D eigenvalue weighted by molar-refractivity contribution is 14.0. The zero-order valence-electron chi connectivity index (χ0n) is 16.0. The smallest absolute Gasteiger partial charge is 0.196 e. The lowest BCUT2D eigenvalue weighted by Gasteiger charge is -2.14. The summed E-state index contributed by atoms with van der Waals surface area (Å²) in [6.07, 6.45) is 0.871. The van der Waals surface area contributed by atoms with Crippen molar-refractivity contribution in [1.82, 2.24) is 5.32 Å². The maximum atomic E-state index is 9.90. The van der Waals surface area contributed by atoms with Gasteiger partial charge in [0, 0.05) is 24.7 Å². The number of nitrogens with one attached hydrogen (secondary N) is 2. The lowest BCUT2D eigenvalue weighted by Crippen LogP contribution is -2.30. The van der Waals surface area contributed by atoms with Crippen LogP contribution in [0.4, 0.5) is 5.69 Å². The molecule has 0 fully saturated rings. The van der Waals surface area contributed by atoms with Crippen LogP contribution in [0.5, 0.6) is 23.0 Å². The molecule has 0 amide bonds. The van der Waals surface area contributed by atoms with Crippen molar-refractivity contribution < 1.29 is 19.3 Å². The van der Waals surface area contributed by atoms with Gasteiger partial charge < -0.3 is 30.0 Å². The molecule has 0 aliphatic carbocycles. The number of ether oxygens (including phenoxy) is 3. The first kappa shape index (κ1) is 21.9. The third kappa shape index (κ3) is 5.82. The first-order chi connectivity index (χ1) is 13.2. The first-order valence-corrected chi connectivity index (χ1v) is 9.00. The summed E-state index contributed by atoms with van der Waals surface area (Å²) in [5.41, 5.74) is 1.74. The van der Waals surface area contributed by atoms with E-state index in [0.717, 1.165) is 35.7 Å².